The number of ether oxygens (including phenoxy) is 1. The summed E-state index contributed by atoms with van der Waals surface area (Å²) in [6.45, 7) is 10.4. The van der Waals surface area contributed by atoms with Crippen molar-refractivity contribution < 1.29 is 4.74 Å². The molecule has 0 aliphatic heterocycles. The van der Waals surface area contributed by atoms with Crippen molar-refractivity contribution in [3.63, 3.8) is 0 Å². The van der Waals surface area contributed by atoms with Gasteiger partial charge in [-0.2, -0.15) is 0 Å². The Kier molecular flexibility index (Phi) is 4.08. The highest BCUT2D eigenvalue weighted by atomic mass is 16.5. The molecule has 0 saturated carbocycles. The Labute approximate surface area is 111 Å². The number of nitrogens with two attached hydrogens (primary N) is 2. The molecule has 1 aromatic carbocycles. The zero-order valence-corrected chi connectivity index (χ0v) is 12.4. The van der Waals surface area contributed by atoms with Gasteiger partial charge in [0.15, 0.2) is 0 Å². The van der Waals surface area contributed by atoms with Gasteiger partial charge in [0.25, 0.3) is 0 Å². The monoisotopic (exact) mass is 250 g/mol. The molecule has 1 unspecified atom stereocenters. The van der Waals surface area contributed by atoms with Crippen LogP contribution < -0.4 is 16.2 Å². The van der Waals surface area contributed by atoms with Crippen LogP contribution in [0.25, 0.3) is 0 Å². The highest BCUT2D eigenvalue weighted by molar-refractivity contribution is 5.43. The standard InChI is InChI=1S/C15H26N2O/c1-14(2,3)11-9-10(7-8-12(11)18-6)13(16)15(4,5)17/h7-9,13H,16-17H2,1-6H3. The minimum Gasteiger partial charge on any atom is -0.496 e. The quantitative estimate of drug-likeness (QED) is 0.867. The van der Waals surface area contributed by atoms with Crippen molar-refractivity contribution >= 4 is 0 Å². The lowest BCUT2D eigenvalue weighted by molar-refractivity contribution is 0.393. The molecule has 0 spiro atoms. The predicted octanol–water partition coefficient (Wildman–Crippen LogP) is 2.73. The van der Waals surface area contributed by atoms with Crippen molar-refractivity contribution in [2.24, 2.45) is 11.5 Å². The number of rotatable bonds is 3. The van der Waals surface area contributed by atoms with Crippen molar-refractivity contribution in [3.8, 4) is 5.75 Å². The van der Waals surface area contributed by atoms with Crippen LogP contribution in [0.4, 0.5) is 0 Å². The summed E-state index contributed by atoms with van der Waals surface area (Å²) in [5.74, 6) is 0.897. The van der Waals surface area contributed by atoms with Crippen LogP contribution in [-0.2, 0) is 5.41 Å². The fourth-order valence-electron chi connectivity index (χ4n) is 1.93. The Bertz CT molecular complexity index is 413. The van der Waals surface area contributed by atoms with E-state index in [-0.39, 0.29) is 11.5 Å². The van der Waals surface area contributed by atoms with Gasteiger partial charge in [-0.15, -0.1) is 0 Å². The first kappa shape index (κ1) is 15.0. The lowest BCUT2D eigenvalue weighted by atomic mass is 9.82. The first-order chi connectivity index (χ1) is 8.07. The van der Waals surface area contributed by atoms with E-state index >= 15 is 0 Å². The van der Waals surface area contributed by atoms with Gasteiger partial charge in [0.2, 0.25) is 0 Å². The van der Waals surface area contributed by atoms with Gasteiger partial charge in [0.05, 0.1) is 7.11 Å². The fourth-order valence-corrected chi connectivity index (χ4v) is 1.93. The van der Waals surface area contributed by atoms with Gasteiger partial charge < -0.3 is 16.2 Å². The summed E-state index contributed by atoms with van der Waals surface area (Å²) < 4.78 is 5.42. The lowest BCUT2D eigenvalue weighted by Gasteiger charge is -2.29. The van der Waals surface area contributed by atoms with Crippen LogP contribution in [0.15, 0.2) is 18.2 Å². The van der Waals surface area contributed by atoms with E-state index in [4.69, 9.17) is 16.2 Å². The summed E-state index contributed by atoms with van der Waals surface area (Å²) in [5, 5.41) is 0. The molecular formula is C15H26N2O. The van der Waals surface area contributed by atoms with E-state index in [1.165, 1.54) is 0 Å². The maximum atomic E-state index is 6.21. The number of hydrogen-bond donors (Lipinski definition) is 2. The van der Waals surface area contributed by atoms with Crippen LogP contribution >= 0.6 is 0 Å². The highest BCUT2D eigenvalue weighted by Gasteiger charge is 2.26. The highest BCUT2D eigenvalue weighted by Crippen LogP contribution is 2.34. The van der Waals surface area contributed by atoms with Crippen LogP contribution in [0.5, 0.6) is 5.75 Å². The second kappa shape index (κ2) is 4.90. The van der Waals surface area contributed by atoms with E-state index in [0.717, 1.165) is 16.9 Å². The van der Waals surface area contributed by atoms with Crippen LogP contribution in [0.2, 0.25) is 0 Å². The molecule has 4 N–H and O–H groups in total. The molecule has 3 nitrogen and oxygen atoms in total. The van der Waals surface area contributed by atoms with Gasteiger partial charge in [-0.1, -0.05) is 26.8 Å². The maximum Gasteiger partial charge on any atom is 0.122 e. The minimum atomic E-state index is -0.441. The molecule has 0 bridgehead atoms. The Hall–Kier alpha value is -1.06. The van der Waals surface area contributed by atoms with E-state index in [1.54, 1.807) is 7.11 Å². The molecule has 0 saturated heterocycles. The summed E-state index contributed by atoms with van der Waals surface area (Å²) in [7, 11) is 1.69. The van der Waals surface area contributed by atoms with Gasteiger partial charge in [-0.25, -0.2) is 0 Å². The largest absolute Gasteiger partial charge is 0.496 e. The number of benzene rings is 1. The second-order valence-corrected chi connectivity index (χ2v) is 6.51. The molecule has 0 aromatic heterocycles. The molecule has 0 radical (unpaired) electrons. The first-order valence-electron chi connectivity index (χ1n) is 6.30. The number of hydrogen-bond acceptors (Lipinski definition) is 3. The third kappa shape index (κ3) is 3.24. The lowest BCUT2D eigenvalue weighted by Crippen LogP contribution is -2.43. The van der Waals surface area contributed by atoms with E-state index in [9.17, 15) is 0 Å². The van der Waals surface area contributed by atoms with E-state index < -0.39 is 5.54 Å². The van der Waals surface area contributed by atoms with Gasteiger partial charge in [-0.05, 0) is 42.5 Å². The molecule has 0 aliphatic rings. The molecule has 0 aliphatic carbocycles. The van der Waals surface area contributed by atoms with Crippen molar-refractivity contribution in [2.75, 3.05) is 7.11 Å². The van der Waals surface area contributed by atoms with Crippen molar-refractivity contribution in [3.05, 3.63) is 29.3 Å². The van der Waals surface area contributed by atoms with E-state index in [1.807, 2.05) is 26.0 Å². The molecule has 0 fully saturated rings. The van der Waals surface area contributed by atoms with Gasteiger partial charge in [0.1, 0.15) is 5.75 Å². The third-order valence-electron chi connectivity index (χ3n) is 3.19. The smallest absolute Gasteiger partial charge is 0.122 e. The second-order valence-electron chi connectivity index (χ2n) is 6.51. The molecule has 18 heavy (non-hydrogen) atoms. The molecule has 1 atom stereocenters. The minimum absolute atomic E-state index is 0.0137. The Morgan fingerprint density at radius 2 is 1.67 bits per heavy atom. The fraction of sp³-hybridized carbons (Fsp3) is 0.600. The average molecular weight is 250 g/mol. The summed E-state index contributed by atoms with van der Waals surface area (Å²) in [6.07, 6.45) is 0. The maximum absolute atomic E-state index is 6.21. The first-order valence-corrected chi connectivity index (χ1v) is 6.30. The normalized spacial score (nSPS) is 14.4. The molecule has 1 aromatic rings. The van der Waals surface area contributed by atoms with Gasteiger partial charge in [-0.3, -0.25) is 0 Å². The molecule has 3 heteroatoms. The van der Waals surface area contributed by atoms with Crippen LogP contribution in [0, 0.1) is 0 Å². The summed E-state index contributed by atoms with van der Waals surface area (Å²) in [4.78, 5) is 0. The Morgan fingerprint density at radius 1 is 1.11 bits per heavy atom. The number of methoxy groups -OCH3 is 1. The SMILES string of the molecule is COc1ccc(C(N)C(C)(C)N)cc1C(C)(C)C. The summed E-state index contributed by atoms with van der Waals surface area (Å²) in [5.41, 5.74) is 14.1. The Balaban J connectivity index is 3.28. The molecule has 0 amide bonds. The van der Waals surface area contributed by atoms with Crippen LogP contribution in [0.3, 0.4) is 0 Å². The van der Waals surface area contributed by atoms with Crippen LogP contribution in [-0.4, -0.2) is 12.6 Å². The van der Waals surface area contributed by atoms with Gasteiger partial charge in [0, 0.05) is 11.6 Å². The van der Waals surface area contributed by atoms with Gasteiger partial charge >= 0.3 is 0 Å². The zero-order valence-electron chi connectivity index (χ0n) is 12.4. The molecule has 0 heterocycles. The molecule has 102 valence electrons. The topological polar surface area (TPSA) is 61.3 Å². The summed E-state index contributed by atoms with van der Waals surface area (Å²) in [6, 6.07) is 5.89. The molecule has 1 rings (SSSR count). The zero-order chi connectivity index (χ0) is 14.1. The van der Waals surface area contributed by atoms with E-state index in [0.29, 0.717) is 0 Å². The van der Waals surface area contributed by atoms with Crippen molar-refractivity contribution in [2.45, 2.75) is 51.6 Å². The van der Waals surface area contributed by atoms with E-state index in [2.05, 4.69) is 26.8 Å². The third-order valence-corrected chi connectivity index (χ3v) is 3.19. The van der Waals surface area contributed by atoms with Crippen molar-refractivity contribution in [1.29, 1.82) is 0 Å². The molecular weight excluding hydrogens is 224 g/mol. The van der Waals surface area contributed by atoms with Crippen LogP contribution in [0.1, 0.15) is 51.8 Å². The van der Waals surface area contributed by atoms with Crippen molar-refractivity contribution in [1.82, 2.24) is 0 Å². The Morgan fingerprint density at radius 3 is 2.06 bits per heavy atom. The average Bonchev–Trinajstić information content (AvgIpc) is 2.24. The summed E-state index contributed by atoms with van der Waals surface area (Å²) >= 11 is 0. The predicted molar refractivity (Wildman–Crippen MR) is 76.9 cm³/mol.